The molecule has 1 aliphatic heterocycles. The molecule has 1 heterocycles. The molecule has 6 nitrogen and oxygen atoms in total. The summed E-state index contributed by atoms with van der Waals surface area (Å²) >= 11 is 10.3. The van der Waals surface area contributed by atoms with Crippen molar-refractivity contribution < 1.29 is 23.9 Å². The molecule has 0 bridgehead atoms. The summed E-state index contributed by atoms with van der Waals surface area (Å²) in [7, 11) is 0. The molecule has 0 aromatic heterocycles. The Balaban J connectivity index is 1.53. The van der Waals surface area contributed by atoms with Crippen molar-refractivity contribution in [2.24, 2.45) is 0 Å². The van der Waals surface area contributed by atoms with E-state index in [1.165, 1.54) is 0 Å². The van der Waals surface area contributed by atoms with E-state index in [1.807, 2.05) is 19.1 Å². The molecule has 3 aromatic carbocycles. The van der Waals surface area contributed by atoms with E-state index in [4.69, 9.17) is 21.1 Å². The van der Waals surface area contributed by atoms with Gasteiger partial charge in [0.15, 0.2) is 17.3 Å². The summed E-state index contributed by atoms with van der Waals surface area (Å²) in [6.07, 6.45) is 1.61. The predicted octanol–water partition coefficient (Wildman–Crippen LogP) is 7.00. The van der Waals surface area contributed by atoms with Gasteiger partial charge in [-0.05, 0) is 76.1 Å². The number of ketones is 1. The van der Waals surface area contributed by atoms with Crippen molar-refractivity contribution in [2.75, 3.05) is 13.2 Å². The minimum Gasteiger partial charge on any atom is -0.490 e. The van der Waals surface area contributed by atoms with Gasteiger partial charge in [0.2, 0.25) is 0 Å². The molecular formula is C27H21BrClNO5S. The number of nitrogens with zero attached hydrogens (tertiary/aromatic N) is 1. The summed E-state index contributed by atoms with van der Waals surface area (Å²) < 4.78 is 12.4. The summed E-state index contributed by atoms with van der Waals surface area (Å²) in [6.45, 7) is 2.27. The lowest BCUT2D eigenvalue weighted by atomic mass is 10.1. The van der Waals surface area contributed by atoms with Gasteiger partial charge in [0.1, 0.15) is 6.61 Å². The fraction of sp³-hybridized carbons (Fsp3) is 0.148. The molecule has 2 amide bonds. The zero-order chi connectivity index (χ0) is 25.7. The lowest BCUT2D eigenvalue weighted by molar-refractivity contribution is -0.122. The first-order valence-corrected chi connectivity index (χ1v) is 13.0. The van der Waals surface area contributed by atoms with Gasteiger partial charge in [-0.2, -0.15) is 0 Å². The van der Waals surface area contributed by atoms with Crippen LogP contribution in [0, 0.1) is 0 Å². The third-order valence-electron chi connectivity index (χ3n) is 5.20. The molecule has 0 unspecified atom stereocenters. The normalized spacial score (nSPS) is 14.4. The summed E-state index contributed by atoms with van der Waals surface area (Å²) in [4.78, 5) is 39.1. The van der Waals surface area contributed by atoms with Crippen LogP contribution in [0.4, 0.5) is 4.79 Å². The Labute approximate surface area is 226 Å². The van der Waals surface area contributed by atoms with Crippen LogP contribution in [0.25, 0.3) is 6.08 Å². The Morgan fingerprint density at radius 2 is 1.78 bits per heavy atom. The Bertz CT molecular complexity index is 1330. The number of imide groups is 1. The van der Waals surface area contributed by atoms with Crippen molar-refractivity contribution in [3.8, 4) is 11.5 Å². The van der Waals surface area contributed by atoms with Crippen LogP contribution in [-0.4, -0.2) is 35.0 Å². The van der Waals surface area contributed by atoms with Crippen molar-refractivity contribution in [1.82, 2.24) is 4.90 Å². The molecule has 0 atom stereocenters. The van der Waals surface area contributed by atoms with Crippen LogP contribution < -0.4 is 9.47 Å². The van der Waals surface area contributed by atoms with E-state index in [9.17, 15) is 14.4 Å². The summed E-state index contributed by atoms with van der Waals surface area (Å²) in [6, 6.07) is 19.4. The number of hydrogen-bond acceptors (Lipinski definition) is 6. The first kappa shape index (κ1) is 26.0. The summed E-state index contributed by atoms with van der Waals surface area (Å²) in [5.74, 6) is 0.199. The van der Waals surface area contributed by atoms with E-state index < -0.39 is 11.1 Å². The molecule has 0 saturated carbocycles. The van der Waals surface area contributed by atoms with Gasteiger partial charge in [0, 0.05) is 10.6 Å². The van der Waals surface area contributed by atoms with Crippen LogP contribution in [-0.2, 0) is 11.4 Å². The van der Waals surface area contributed by atoms with Gasteiger partial charge in [-0.3, -0.25) is 19.3 Å². The second-order valence-corrected chi connectivity index (χ2v) is 10.0. The monoisotopic (exact) mass is 585 g/mol. The molecule has 36 heavy (non-hydrogen) atoms. The Morgan fingerprint density at radius 1 is 1.06 bits per heavy atom. The maximum atomic E-state index is 12.9. The Hall–Kier alpha value is -3.07. The highest BCUT2D eigenvalue weighted by molar-refractivity contribution is 9.10. The van der Waals surface area contributed by atoms with Crippen molar-refractivity contribution in [1.29, 1.82) is 0 Å². The van der Waals surface area contributed by atoms with Crippen molar-refractivity contribution in [2.45, 2.75) is 13.5 Å². The third kappa shape index (κ3) is 6.19. The van der Waals surface area contributed by atoms with Gasteiger partial charge in [0.25, 0.3) is 11.1 Å². The van der Waals surface area contributed by atoms with E-state index >= 15 is 0 Å². The van der Waals surface area contributed by atoms with Gasteiger partial charge >= 0.3 is 0 Å². The Morgan fingerprint density at radius 3 is 2.47 bits per heavy atom. The standard InChI is InChI=1S/C27H21BrClNO5S/c1-2-34-23-13-18(12-21(28)25(23)35-16-17-8-10-20(29)11-9-17)14-24-26(32)30(27(33)36-24)15-22(31)19-6-4-3-5-7-19/h3-14H,2,15-16H2,1H3/b24-14+. The molecule has 0 radical (unpaired) electrons. The van der Waals surface area contributed by atoms with E-state index in [0.717, 1.165) is 22.2 Å². The maximum Gasteiger partial charge on any atom is 0.293 e. The van der Waals surface area contributed by atoms with Crippen LogP contribution >= 0.6 is 39.3 Å². The first-order chi connectivity index (χ1) is 17.4. The summed E-state index contributed by atoms with van der Waals surface area (Å²) in [5, 5.41) is 0.163. The number of rotatable bonds is 9. The highest BCUT2D eigenvalue weighted by atomic mass is 79.9. The average Bonchev–Trinajstić information content (AvgIpc) is 3.12. The number of halogens is 2. The van der Waals surface area contributed by atoms with Crippen molar-refractivity contribution in [3.63, 3.8) is 0 Å². The minimum absolute atomic E-state index is 0.227. The molecule has 3 aromatic rings. The zero-order valence-corrected chi connectivity index (χ0v) is 22.4. The van der Waals surface area contributed by atoms with Crippen LogP contribution in [0.15, 0.2) is 76.1 Å². The van der Waals surface area contributed by atoms with E-state index in [2.05, 4.69) is 15.9 Å². The smallest absolute Gasteiger partial charge is 0.293 e. The number of amides is 2. The average molecular weight is 587 g/mol. The minimum atomic E-state index is -0.508. The number of hydrogen-bond donors (Lipinski definition) is 0. The molecule has 0 spiro atoms. The van der Waals surface area contributed by atoms with Crippen molar-refractivity contribution in [3.05, 3.63) is 97.8 Å². The molecule has 1 fully saturated rings. The molecular weight excluding hydrogens is 566 g/mol. The lowest BCUT2D eigenvalue weighted by Crippen LogP contribution is -2.33. The fourth-order valence-electron chi connectivity index (χ4n) is 3.46. The van der Waals surface area contributed by atoms with Gasteiger partial charge in [-0.15, -0.1) is 0 Å². The second kappa shape index (κ2) is 11.8. The SMILES string of the molecule is CCOc1cc(/C=C2/SC(=O)N(CC(=O)c3ccccc3)C2=O)cc(Br)c1OCc1ccc(Cl)cc1. The molecule has 1 aliphatic rings. The highest BCUT2D eigenvalue weighted by Gasteiger charge is 2.36. The van der Waals surface area contributed by atoms with Crippen LogP contribution in [0.1, 0.15) is 28.4 Å². The van der Waals surface area contributed by atoms with Gasteiger partial charge < -0.3 is 9.47 Å². The molecule has 1 saturated heterocycles. The fourth-order valence-corrected chi connectivity index (χ4v) is 5.00. The van der Waals surface area contributed by atoms with Crippen LogP contribution in [0.5, 0.6) is 11.5 Å². The topological polar surface area (TPSA) is 72.9 Å². The van der Waals surface area contributed by atoms with E-state index in [1.54, 1.807) is 60.7 Å². The van der Waals surface area contributed by atoms with E-state index in [-0.39, 0.29) is 17.2 Å². The molecule has 4 rings (SSSR count). The number of benzene rings is 3. The van der Waals surface area contributed by atoms with E-state index in [0.29, 0.717) is 45.3 Å². The largest absolute Gasteiger partial charge is 0.490 e. The molecule has 0 aliphatic carbocycles. The quantitative estimate of drug-likeness (QED) is 0.199. The zero-order valence-electron chi connectivity index (χ0n) is 19.2. The number of thioether (sulfide) groups is 1. The number of carbonyl (C=O) groups excluding carboxylic acids is 3. The van der Waals surface area contributed by atoms with Gasteiger partial charge in [0.05, 0.1) is 22.5 Å². The van der Waals surface area contributed by atoms with Crippen LogP contribution in [0.3, 0.4) is 0 Å². The number of Topliss-reactive ketones (excluding diaryl/α,β-unsaturated/α-hetero) is 1. The second-order valence-electron chi connectivity index (χ2n) is 7.74. The van der Waals surface area contributed by atoms with Crippen LogP contribution in [0.2, 0.25) is 5.02 Å². The summed E-state index contributed by atoms with van der Waals surface area (Å²) in [5.41, 5.74) is 2.03. The molecule has 184 valence electrons. The van der Waals surface area contributed by atoms with Crippen molar-refractivity contribution >= 4 is 62.3 Å². The predicted molar refractivity (Wildman–Crippen MR) is 145 cm³/mol. The first-order valence-electron chi connectivity index (χ1n) is 11.0. The molecule has 0 N–H and O–H groups in total. The number of carbonyl (C=O) groups is 3. The van der Waals surface area contributed by atoms with Gasteiger partial charge in [-0.25, -0.2) is 0 Å². The molecule has 9 heteroatoms. The lowest BCUT2D eigenvalue weighted by Gasteiger charge is -2.15. The maximum absolute atomic E-state index is 12.9. The van der Waals surface area contributed by atoms with Gasteiger partial charge in [-0.1, -0.05) is 54.1 Å². The third-order valence-corrected chi connectivity index (χ3v) is 6.95. The number of ether oxygens (including phenoxy) is 2. The Kier molecular flexibility index (Phi) is 8.51. The highest BCUT2D eigenvalue weighted by Crippen LogP contribution is 2.39.